The number of rotatable bonds is 9. The number of carbonyl (C=O) groups excluding carboxylic acids is 2. The van der Waals surface area contributed by atoms with Crippen LogP contribution >= 0.6 is 0 Å². The van der Waals surface area contributed by atoms with Gasteiger partial charge in [0.1, 0.15) is 0 Å². The third kappa shape index (κ3) is 4.55. The molecule has 0 bridgehead atoms. The summed E-state index contributed by atoms with van der Waals surface area (Å²) in [6.07, 6.45) is 2.45. The molecule has 148 valence electrons. The fourth-order valence-corrected chi connectivity index (χ4v) is 3.36. The molecule has 1 aliphatic rings. The molecule has 28 heavy (non-hydrogen) atoms. The van der Waals surface area contributed by atoms with Crippen molar-refractivity contribution in [1.29, 1.82) is 0 Å². The Kier molecular flexibility index (Phi) is 6.73. The summed E-state index contributed by atoms with van der Waals surface area (Å²) >= 11 is 0. The van der Waals surface area contributed by atoms with E-state index in [2.05, 4.69) is 4.90 Å². The van der Waals surface area contributed by atoms with Crippen molar-refractivity contribution in [2.24, 2.45) is 0 Å². The van der Waals surface area contributed by atoms with Gasteiger partial charge in [0.15, 0.2) is 0 Å². The third-order valence-corrected chi connectivity index (χ3v) is 4.86. The molecule has 2 aromatic carbocycles. The van der Waals surface area contributed by atoms with Gasteiger partial charge < -0.3 is 14.4 Å². The van der Waals surface area contributed by atoms with E-state index in [-0.39, 0.29) is 12.7 Å². The van der Waals surface area contributed by atoms with Gasteiger partial charge in [-0.15, -0.1) is 0 Å². The van der Waals surface area contributed by atoms with Crippen molar-refractivity contribution >= 4 is 11.6 Å². The second-order valence-corrected chi connectivity index (χ2v) is 7.36. The fraction of sp³-hybridized carbons (Fsp3) is 0.391. The second-order valence-electron chi connectivity index (χ2n) is 7.36. The zero-order valence-electron chi connectivity index (χ0n) is 16.5. The summed E-state index contributed by atoms with van der Waals surface area (Å²) in [5.74, 6) is -2.80. The van der Waals surface area contributed by atoms with Gasteiger partial charge >= 0.3 is 0 Å². The van der Waals surface area contributed by atoms with Crippen molar-refractivity contribution in [3.63, 3.8) is 0 Å². The first-order chi connectivity index (χ1) is 13.5. The van der Waals surface area contributed by atoms with Crippen molar-refractivity contribution in [2.45, 2.75) is 31.2 Å². The van der Waals surface area contributed by atoms with E-state index in [0.717, 1.165) is 25.8 Å². The molecule has 1 heterocycles. The molecule has 1 unspecified atom stereocenters. The number of hydrogen-bond acceptors (Lipinski definition) is 5. The van der Waals surface area contributed by atoms with Crippen LogP contribution in [0.4, 0.5) is 0 Å². The topological polar surface area (TPSA) is 55.8 Å². The first-order valence-corrected chi connectivity index (χ1v) is 9.69. The number of Topliss-reactive ketones (excluding diaryl/α,β-unsaturated/α-hetero) is 2. The number of ether oxygens (including phenoxy) is 2. The minimum atomic E-state index is -1.91. The standard InChI is InChI=1S/C23H27NO4/c1-24(2)16-10-9-15-20-17-27-23(28-20,21(25)18-11-5-3-6-12-18)22(26)19-13-7-4-8-14-19/h3-8,11-14,20H,9-10,15-17H2,1-2H3. The zero-order chi connectivity index (χ0) is 20.0. The predicted molar refractivity (Wildman–Crippen MR) is 108 cm³/mol. The van der Waals surface area contributed by atoms with E-state index in [1.165, 1.54) is 0 Å². The van der Waals surface area contributed by atoms with Crippen molar-refractivity contribution < 1.29 is 19.1 Å². The molecule has 5 heteroatoms. The van der Waals surface area contributed by atoms with Crippen molar-refractivity contribution in [3.05, 3.63) is 71.8 Å². The second kappa shape index (κ2) is 9.24. The Hall–Kier alpha value is -2.34. The van der Waals surface area contributed by atoms with Gasteiger partial charge in [0, 0.05) is 11.1 Å². The summed E-state index contributed by atoms with van der Waals surface area (Å²) in [4.78, 5) is 28.7. The molecule has 0 spiro atoms. The fourth-order valence-electron chi connectivity index (χ4n) is 3.36. The Morgan fingerprint density at radius 2 is 1.46 bits per heavy atom. The molecule has 1 aliphatic heterocycles. The molecule has 0 N–H and O–H groups in total. The van der Waals surface area contributed by atoms with Crippen LogP contribution in [0.3, 0.4) is 0 Å². The quantitative estimate of drug-likeness (QED) is 0.377. The Balaban J connectivity index is 1.81. The number of nitrogens with zero attached hydrogens (tertiary/aromatic N) is 1. The van der Waals surface area contributed by atoms with Crippen LogP contribution in [0.25, 0.3) is 0 Å². The highest BCUT2D eigenvalue weighted by atomic mass is 16.8. The van der Waals surface area contributed by atoms with Gasteiger partial charge in [0.2, 0.25) is 11.6 Å². The van der Waals surface area contributed by atoms with Gasteiger partial charge in [-0.1, -0.05) is 60.7 Å². The SMILES string of the molecule is CN(C)CCCCC1COC(C(=O)c2ccccc2)(C(=O)c2ccccc2)O1. The largest absolute Gasteiger partial charge is 0.334 e. The van der Waals surface area contributed by atoms with E-state index in [9.17, 15) is 9.59 Å². The minimum Gasteiger partial charge on any atom is -0.334 e. The monoisotopic (exact) mass is 381 g/mol. The molecule has 0 aromatic heterocycles. The first kappa shape index (κ1) is 20.4. The lowest BCUT2D eigenvalue weighted by Crippen LogP contribution is -2.48. The van der Waals surface area contributed by atoms with E-state index in [1.54, 1.807) is 48.5 Å². The zero-order valence-corrected chi connectivity index (χ0v) is 16.5. The van der Waals surface area contributed by atoms with Crippen molar-refractivity contribution in [1.82, 2.24) is 4.90 Å². The Morgan fingerprint density at radius 3 is 1.96 bits per heavy atom. The van der Waals surface area contributed by atoms with Crippen LogP contribution in [0.1, 0.15) is 40.0 Å². The van der Waals surface area contributed by atoms with Gasteiger partial charge in [0.25, 0.3) is 5.79 Å². The summed E-state index contributed by atoms with van der Waals surface area (Å²) in [5, 5.41) is 0. The first-order valence-electron chi connectivity index (χ1n) is 9.69. The van der Waals surface area contributed by atoms with E-state index < -0.39 is 17.4 Å². The molecule has 0 aliphatic carbocycles. The molecule has 0 radical (unpaired) electrons. The maximum atomic E-state index is 13.3. The predicted octanol–water partition coefficient (Wildman–Crippen LogP) is 3.60. The number of hydrogen-bond donors (Lipinski definition) is 0. The van der Waals surface area contributed by atoms with Crippen molar-refractivity contribution in [3.8, 4) is 0 Å². The number of ketones is 2. The highest BCUT2D eigenvalue weighted by molar-refractivity contribution is 6.21. The average Bonchev–Trinajstić information content (AvgIpc) is 3.16. The van der Waals surface area contributed by atoms with E-state index >= 15 is 0 Å². The van der Waals surface area contributed by atoms with Crippen molar-refractivity contribution in [2.75, 3.05) is 27.2 Å². The van der Waals surface area contributed by atoms with Gasteiger partial charge in [-0.3, -0.25) is 9.59 Å². The molecule has 3 rings (SSSR count). The molecule has 0 amide bonds. The number of carbonyl (C=O) groups is 2. The van der Waals surface area contributed by atoms with Crippen LogP contribution in [0.15, 0.2) is 60.7 Å². The molecular weight excluding hydrogens is 354 g/mol. The third-order valence-electron chi connectivity index (χ3n) is 4.86. The van der Waals surface area contributed by atoms with Crippen LogP contribution < -0.4 is 0 Å². The van der Waals surface area contributed by atoms with Gasteiger partial charge in [-0.25, -0.2) is 0 Å². The summed E-state index contributed by atoms with van der Waals surface area (Å²) < 4.78 is 11.9. The Labute approximate surface area is 166 Å². The molecule has 1 saturated heterocycles. The maximum Gasteiger partial charge on any atom is 0.300 e. The van der Waals surface area contributed by atoms with E-state index in [0.29, 0.717) is 11.1 Å². The highest BCUT2D eigenvalue weighted by Gasteiger charge is 2.54. The lowest BCUT2D eigenvalue weighted by atomic mass is 9.95. The van der Waals surface area contributed by atoms with Gasteiger partial charge in [-0.2, -0.15) is 0 Å². The van der Waals surface area contributed by atoms with Crippen LogP contribution in [-0.2, 0) is 9.47 Å². The highest BCUT2D eigenvalue weighted by Crippen LogP contribution is 2.33. The molecule has 1 fully saturated rings. The van der Waals surface area contributed by atoms with Gasteiger partial charge in [-0.05, 0) is 39.9 Å². The smallest absolute Gasteiger partial charge is 0.300 e. The number of unbranched alkanes of at least 4 members (excludes halogenated alkanes) is 1. The minimum absolute atomic E-state index is 0.235. The average molecular weight is 381 g/mol. The summed E-state index contributed by atoms with van der Waals surface area (Å²) in [5.41, 5.74) is 0.806. The lowest BCUT2D eigenvalue weighted by molar-refractivity contribution is -0.100. The molecule has 1 atom stereocenters. The number of benzene rings is 2. The van der Waals surface area contributed by atoms with Crippen LogP contribution in [-0.4, -0.2) is 55.6 Å². The summed E-state index contributed by atoms with van der Waals surface area (Å²) in [6.45, 7) is 1.23. The summed E-state index contributed by atoms with van der Waals surface area (Å²) in [7, 11) is 4.08. The molecular formula is C23H27NO4. The Morgan fingerprint density at radius 1 is 0.929 bits per heavy atom. The van der Waals surface area contributed by atoms with Crippen LogP contribution in [0.2, 0.25) is 0 Å². The molecule has 0 saturated carbocycles. The van der Waals surface area contributed by atoms with Crippen LogP contribution in [0, 0.1) is 0 Å². The maximum absolute atomic E-state index is 13.3. The Bertz CT molecular complexity index is 737. The normalized spacial score (nSPS) is 18.3. The molecule has 2 aromatic rings. The van der Waals surface area contributed by atoms with Crippen LogP contribution in [0.5, 0.6) is 0 Å². The molecule has 5 nitrogen and oxygen atoms in total. The van der Waals surface area contributed by atoms with E-state index in [4.69, 9.17) is 9.47 Å². The van der Waals surface area contributed by atoms with E-state index in [1.807, 2.05) is 26.2 Å². The van der Waals surface area contributed by atoms with Gasteiger partial charge in [0.05, 0.1) is 12.7 Å². The lowest BCUT2D eigenvalue weighted by Gasteiger charge is -2.25. The summed E-state index contributed by atoms with van der Waals surface area (Å²) in [6, 6.07) is 17.4.